The van der Waals surface area contributed by atoms with E-state index in [-0.39, 0.29) is 30.6 Å². The fourth-order valence-electron chi connectivity index (χ4n) is 4.10. The molecule has 34 heavy (non-hydrogen) atoms. The predicted molar refractivity (Wildman–Crippen MR) is 136 cm³/mol. The molecule has 1 aliphatic rings. The number of ether oxygens (including phenoxy) is 2. The Morgan fingerprint density at radius 1 is 1.21 bits per heavy atom. The van der Waals surface area contributed by atoms with E-state index in [4.69, 9.17) is 9.47 Å². The molecule has 0 saturated heterocycles. The third-order valence-electron chi connectivity index (χ3n) is 6.14. The fourth-order valence-corrected chi connectivity index (χ4v) is 5.03. The number of para-hydroxylation sites is 2. The highest BCUT2D eigenvalue weighted by Gasteiger charge is 2.34. The van der Waals surface area contributed by atoms with E-state index in [1.807, 2.05) is 43.0 Å². The SMILES string of the molecule is CC[C@@H](C)CN(CC(=O)N1CCc2sccc2[C@@H]1COc1ccccc1OC)C(=O)NC(C)C. The van der Waals surface area contributed by atoms with Gasteiger partial charge in [0.2, 0.25) is 5.91 Å². The highest BCUT2D eigenvalue weighted by molar-refractivity contribution is 7.10. The number of benzene rings is 1. The third kappa shape index (κ3) is 6.44. The topological polar surface area (TPSA) is 71.1 Å². The molecule has 0 fully saturated rings. The molecule has 7 nitrogen and oxygen atoms in total. The maximum Gasteiger partial charge on any atom is 0.318 e. The molecule has 0 spiro atoms. The highest BCUT2D eigenvalue weighted by atomic mass is 32.1. The van der Waals surface area contributed by atoms with Gasteiger partial charge in [-0.25, -0.2) is 4.79 Å². The van der Waals surface area contributed by atoms with E-state index in [1.165, 1.54) is 4.88 Å². The number of fused-ring (bicyclic) bond motifs is 1. The number of carbonyl (C=O) groups is 2. The van der Waals surface area contributed by atoms with Gasteiger partial charge >= 0.3 is 6.03 Å². The lowest BCUT2D eigenvalue weighted by molar-refractivity contribution is -0.135. The number of thiophene rings is 1. The van der Waals surface area contributed by atoms with E-state index >= 15 is 0 Å². The van der Waals surface area contributed by atoms with E-state index in [0.717, 1.165) is 18.4 Å². The lowest BCUT2D eigenvalue weighted by atomic mass is 10.00. The number of urea groups is 1. The Balaban J connectivity index is 1.79. The minimum absolute atomic E-state index is 0.00684. The molecule has 0 unspecified atom stereocenters. The first-order chi connectivity index (χ1) is 16.3. The number of amides is 3. The van der Waals surface area contributed by atoms with Crippen molar-refractivity contribution in [2.24, 2.45) is 5.92 Å². The van der Waals surface area contributed by atoms with Gasteiger partial charge in [-0.3, -0.25) is 4.79 Å². The second-order valence-electron chi connectivity index (χ2n) is 9.11. The highest BCUT2D eigenvalue weighted by Crippen LogP contribution is 2.35. The molecule has 0 aliphatic carbocycles. The molecule has 0 saturated carbocycles. The van der Waals surface area contributed by atoms with Crippen LogP contribution in [0.4, 0.5) is 4.79 Å². The summed E-state index contributed by atoms with van der Waals surface area (Å²) in [5.74, 6) is 1.55. The predicted octanol–water partition coefficient (Wildman–Crippen LogP) is 4.73. The molecule has 1 aliphatic heterocycles. The zero-order valence-corrected chi connectivity index (χ0v) is 21.7. The summed E-state index contributed by atoms with van der Waals surface area (Å²) in [6.45, 7) is 9.56. The van der Waals surface area contributed by atoms with Crippen molar-refractivity contribution in [1.29, 1.82) is 0 Å². The van der Waals surface area contributed by atoms with Gasteiger partial charge in [0.1, 0.15) is 13.2 Å². The van der Waals surface area contributed by atoms with E-state index < -0.39 is 0 Å². The number of nitrogens with zero attached hydrogens (tertiary/aromatic N) is 2. The molecular weight excluding hydrogens is 450 g/mol. The van der Waals surface area contributed by atoms with Crippen molar-refractivity contribution in [3.05, 3.63) is 46.2 Å². The van der Waals surface area contributed by atoms with Gasteiger partial charge in [-0.05, 0) is 55.3 Å². The Hall–Kier alpha value is -2.74. The summed E-state index contributed by atoms with van der Waals surface area (Å²) in [7, 11) is 1.61. The van der Waals surface area contributed by atoms with Gasteiger partial charge in [-0.1, -0.05) is 32.4 Å². The van der Waals surface area contributed by atoms with Crippen LogP contribution in [0.15, 0.2) is 35.7 Å². The Bertz CT molecular complexity index is 961. The van der Waals surface area contributed by atoms with Crippen LogP contribution < -0.4 is 14.8 Å². The maximum atomic E-state index is 13.6. The average Bonchev–Trinajstić information content (AvgIpc) is 3.30. The van der Waals surface area contributed by atoms with Gasteiger partial charge < -0.3 is 24.6 Å². The molecule has 2 atom stereocenters. The van der Waals surface area contributed by atoms with Crippen LogP contribution in [-0.4, -0.2) is 61.1 Å². The molecule has 1 aromatic carbocycles. The number of rotatable bonds is 10. The normalized spacial score (nSPS) is 16.1. The first kappa shape index (κ1) is 25.9. The number of hydrogen-bond donors (Lipinski definition) is 1. The Labute approximate surface area is 207 Å². The number of nitrogens with one attached hydrogen (secondary N) is 1. The van der Waals surface area contributed by atoms with E-state index in [2.05, 4.69) is 30.6 Å². The molecule has 2 heterocycles. The van der Waals surface area contributed by atoms with E-state index in [0.29, 0.717) is 37.1 Å². The van der Waals surface area contributed by atoms with Crippen LogP contribution in [0.2, 0.25) is 0 Å². The summed E-state index contributed by atoms with van der Waals surface area (Å²) in [6, 6.07) is 9.20. The molecule has 8 heteroatoms. The Kier molecular flexibility index (Phi) is 9.21. The van der Waals surface area contributed by atoms with Crippen molar-refractivity contribution in [3.8, 4) is 11.5 Å². The molecule has 0 radical (unpaired) electrons. The van der Waals surface area contributed by atoms with Gasteiger partial charge in [-0.15, -0.1) is 11.3 Å². The Morgan fingerprint density at radius 3 is 2.62 bits per heavy atom. The van der Waals surface area contributed by atoms with Crippen LogP contribution in [0.5, 0.6) is 11.5 Å². The molecule has 1 N–H and O–H groups in total. The molecule has 1 aromatic heterocycles. The van der Waals surface area contributed by atoms with Crippen molar-refractivity contribution in [2.45, 2.75) is 52.6 Å². The van der Waals surface area contributed by atoms with Crippen molar-refractivity contribution >= 4 is 23.3 Å². The summed E-state index contributed by atoms with van der Waals surface area (Å²) >= 11 is 1.72. The van der Waals surface area contributed by atoms with Crippen LogP contribution >= 0.6 is 11.3 Å². The lowest BCUT2D eigenvalue weighted by Crippen LogP contribution is -2.51. The largest absolute Gasteiger partial charge is 0.493 e. The molecule has 3 amide bonds. The second kappa shape index (κ2) is 12.1. The standard InChI is InChI=1S/C26H37N3O4S/c1-6-19(4)15-28(26(31)27-18(2)3)16-25(30)29-13-11-24-20(12-14-34-24)21(29)17-33-23-10-8-7-9-22(23)32-5/h7-10,12,14,18-19,21H,6,11,13,15-17H2,1-5H3,(H,27,31)/t19-,21+/m1/s1. The first-order valence-electron chi connectivity index (χ1n) is 12.0. The lowest BCUT2D eigenvalue weighted by Gasteiger charge is -2.37. The third-order valence-corrected chi connectivity index (χ3v) is 7.13. The minimum atomic E-state index is -0.217. The number of hydrogen-bond acceptors (Lipinski definition) is 5. The molecular formula is C26H37N3O4S. The van der Waals surface area contributed by atoms with Crippen LogP contribution in [-0.2, 0) is 11.2 Å². The summed E-state index contributed by atoms with van der Waals surface area (Å²) in [5.41, 5.74) is 1.12. The zero-order valence-electron chi connectivity index (χ0n) is 20.9. The van der Waals surface area contributed by atoms with Gasteiger partial charge in [0, 0.05) is 24.0 Å². The molecule has 2 aromatic rings. The van der Waals surface area contributed by atoms with Crippen LogP contribution in [0.25, 0.3) is 0 Å². The molecule has 186 valence electrons. The van der Waals surface area contributed by atoms with E-state index in [1.54, 1.807) is 23.3 Å². The number of methoxy groups -OCH3 is 1. The van der Waals surface area contributed by atoms with Gasteiger partial charge in [-0.2, -0.15) is 0 Å². The smallest absolute Gasteiger partial charge is 0.318 e. The van der Waals surface area contributed by atoms with Crippen molar-refractivity contribution < 1.29 is 19.1 Å². The Morgan fingerprint density at radius 2 is 1.94 bits per heavy atom. The molecule has 3 rings (SSSR count). The van der Waals surface area contributed by atoms with Gasteiger partial charge in [0.25, 0.3) is 0 Å². The fraction of sp³-hybridized carbons (Fsp3) is 0.538. The van der Waals surface area contributed by atoms with Crippen molar-refractivity contribution in [2.75, 3.05) is 33.4 Å². The first-order valence-corrected chi connectivity index (χ1v) is 12.9. The second-order valence-corrected chi connectivity index (χ2v) is 10.1. The monoisotopic (exact) mass is 487 g/mol. The summed E-state index contributed by atoms with van der Waals surface area (Å²) < 4.78 is 11.6. The quantitative estimate of drug-likeness (QED) is 0.526. The van der Waals surface area contributed by atoms with Gasteiger partial charge in [0.15, 0.2) is 11.5 Å². The average molecular weight is 488 g/mol. The number of carbonyl (C=O) groups excluding carboxylic acids is 2. The summed E-state index contributed by atoms with van der Waals surface area (Å²) in [6.07, 6.45) is 1.75. The molecule has 0 bridgehead atoms. The van der Waals surface area contributed by atoms with Gasteiger partial charge in [0.05, 0.1) is 13.2 Å². The van der Waals surface area contributed by atoms with Crippen LogP contribution in [0.3, 0.4) is 0 Å². The summed E-state index contributed by atoms with van der Waals surface area (Å²) in [4.78, 5) is 31.2. The zero-order chi connectivity index (χ0) is 24.7. The van der Waals surface area contributed by atoms with Crippen molar-refractivity contribution in [3.63, 3.8) is 0 Å². The summed E-state index contributed by atoms with van der Waals surface area (Å²) in [5, 5.41) is 5.01. The van der Waals surface area contributed by atoms with Crippen LogP contribution in [0, 0.1) is 5.92 Å². The van der Waals surface area contributed by atoms with Crippen molar-refractivity contribution in [1.82, 2.24) is 15.1 Å². The minimum Gasteiger partial charge on any atom is -0.493 e. The maximum absolute atomic E-state index is 13.6. The van der Waals surface area contributed by atoms with Crippen LogP contribution in [0.1, 0.15) is 50.6 Å². The van der Waals surface area contributed by atoms with E-state index in [9.17, 15) is 9.59 Å².